The number of halogens is 1. The number of fused-ring (bicyclic) bond motifs is 3. The largest absolute Gasteiger partial charge is 0.494 e. The van der Waals surface area contributed by atoms with Gasteiger partial charge in [-0.15, -0.1) is 10.2 Å². The molecule has 0 spiro atoms. The van der Waals surface area contributed by atoms with E-state index in [1.165, 1.54) is 18.7 Å². The monoisotopic (exact) mass is 470 g/mol. The Labute approximate surface area is 196 Å². The quantitative estimate of drug-likeness (QED) is 0.438. The smallest absolute Gasteiger partial charge is 0.247 e. The first-order valence-electron chi connectivity index (χ1n) is 10.4. The average molecular weight is 471 g/mol. The maximum absolute atomic E-state index is 12.8. The molecule has 2 heterocycles. The highest BCUT2D eigenvalue weighted by molar-refractivity contribution is 7.99. The van der Waals surface area contributed by atoms with Gasteiger partial charge in [-0.2, -0.15) is 4.98 Å². The van der Waals surface area contributed by atoms with E-state index in [1.54, 1.807) is 23.1 Å². The standard InChI is InChI=1S/C23H23ClN4O3S/c1-4-12-30-17-9-6-15(7-10-17)22-28(14(3)29)19-11-8-16(24)13-18(19)20-21(31-22)25-23(27-26-20)32-5-2/h6-11,13,22H,4-5,12H2,1-3H3/t22-/m0/s1. The van der Waals surface area contributed by atoms with Gasteiger partial charge >= 0.3 is 0 Å². The summed E-state index contributed by atoms with van der Waals surface area (Å²) in [6.45, 7) is 6.21. The van der Waals surface area contributed by atoms with Crippen LogP contribution in [0.3, 0.4) is 0 Å². The molecule has 4 rings (SSSR count). The Kier molecular flexibility index (Phi) is 6.81. The van der Waals surface area contributed by atoms with E-state index in [0.717, 1.165) is 23.5 Å². The fourth-order valence-electron chi connectivity index (χ4n) is 3.43. The normalized spacial score (nSPS) is 14.8. The highest BCUT2D eigenvalue weighted by atomic mass is 35.5. The number of anilines is 1. The summed E-state index contributed by atoms with van der Waals surface area (Å²) >= 11 is 7.75. The Morgan fingerprint density at radius 2 is 1.97 bits per heavy atom. The summed E-state index contributed by atoms with van der Waals surface area (Å²) in [5.41, 5.74) is 2.49. The second-order valence-electron chi connectivity index (χ2n) is 7.12. The van der Waals surface area contributed by atoms with Gasteiger partial charge in [-0.1, -0.05) is 37.2 Å². The molecular formula is C23H23ClN4O3S. The van der Waals surface area contributed by atoms with Gasteiger partial charge in [0.1, 0.15) is 5.75 Å². The number of carbonyl (C=O) groups is 1. The van der Waals surface area contributed by atoms with E-state index in [-0.39, 0.29) is 5.91 Å². The molecule has 1 atom stereocenters. The van der Waals surface area contributed by atoms with Crippen molar-refractivity contribution in [2.75, 3.05) is 17.3 Å². The summed E-state index contributed by atoms with van der Waals surface area (Å²) in [6.07, 6.45) is 0.178. The Balaban J connectivity index is 1.85. The minimum absolute atomic E-state index is 0.186. The lowest BCUT2D eigenvalue weighted by Gasteiger charge is -2.30. The molecule has 1 aliphatic heterocycles. The third kappa shape index (κ3) is 4.52. The molecule has 0 aliphatic carbocycles. The molecule has 1 aliphatic rings. The fourth-order valence-corrected chi connectivity index (χ4v) is 4.11. The van der Waals surface area contributed by atoms with Crippen molar-refractivity contribution in [3.05, 3.63) is 53.1 Å². The lowest BCUT2D eigenvalue weighted by molar-refractivity contribution is -0.118. The maximum Gasteiger partial charge on any atom is 0.247 e. The van der Waals surface area contributed by atoms with Crippen LogP contribution in [-0.4, -0.2) is 33.4 Å². The van der Waals surface area contributed by atoms with E-state index in [9.17, 15) is 4.79 Å². The lowest BCUT2D eigenvalue weighted by atomic mass is 10.1. The number of hydrogen-bond donors (Lipinski definition) is 0. The van der Waals surface area contributed by atoms with Crippen molar-refractivity contribution in [1.29, 1.82) is 0 Å². The molecule has 0 bridgehead atoms. The summed E-state index contributed by atoms with van der Waals surface area (Å²) in [5, 5.41) is 9.62. The van der Waals surface area contributed by atoms with Crippen LogP contribution in [0, 0.1) is 0 Å². The number of rotatable bonds is 6. The number of nitrogens with zero attached hydrogens (tertiary/aromatic N) is 4. The lowest BCUT2D eigenvalue weighted by Crippen LogP contribution is -2.36. The molecule has 0 saturated heterocycles. The fraction of sp³-hybridized carbons (Fsp3) is 0.304. The number of thioether (sulfide) groups is 1. The van der Waals surface area contributed by atoms with Gasteiger partial charge in [-0.25, -0.2) is 0 Å². The molecular weight excluding hydrogens is 448 g/mol. The number of hydrogen-bond acceptors (Lipinski definition) is 7. The van der Waals surface area contributed by atoms with Crippen molar-refractivity contribution < 1.29 is 14.3 Å². The van der Waals surface area contributed by atoms with Crippen LogP contribution in [0.2, 0.25) is 5.02 Å². The molecule has 166 valence electrons. The van der Waals surface area contributed by atoms with Crippen LogP contribution in [0.4, 0.5) is 5.69 Å². The van der Waals surface area contributed by atoms with Crippen LogP contribution < -0.4 is 14.4 Å². The van der Waals surface area contributed by atoms with Gasteiger partial charge < -0.3 is 9.47 Å². The van der Waals surface area contributed by atoms with Crippen LogP contribution in [0.5, 0.6) is 11.6 Å². The molecule has 3 aromatic rings. The molecule has 1 aromatic heterocycles. The van der Waals surface area contributed by atoms with Gasteiger partial charge in [0.2, 0.25) is 23.2 Å². The van der Waals surface area contributed by atoms with Crippen LogP contribution in [0.15, 0.2) is 47.6 Å². The number of carbonyl (C=O) groups excluding carboxylic acids is 1. The summed E-state index contributed by atoms with van der Waals surface area (Å²) in [6, 6.07) is 12.8. The third-order valence-electron chi connectivity index (χ3n) is 4.82. The summed E-state index contributed by atoms with van der Waals surface area (Å²) in [7, 11) is 0. The van der Waals surface area contributed by atoms with E-state index in [4.69, 9.17) is 21.1 Å². The first-order valence-corrected chi connectivity index (χ1v) is 11.7. The van der Waals surface area contributed by atoms with Gasteiger partial charge in [0.25, 0.3) is 0 Å². The van der Waals surface area contributed by atoms with E-state index < -0.39 is 6.23 Å². The SMILES string of the molecule is CCCOc1ccc([C@@H]2Oc3nc(SCC)nnc3-c3cc(Cl)ccc3N2C(C)=O)cc1. The molecule has 2 aromatic carbocycles. The van der Waals surface area contributed by atoms with Crippen molar-refractivity contribution in [2.45, 2.75) is 38.6 Å². The molecule has 0 unspecified atom stereocenters. The van der Waals surface area contributed by atoms with Crippen LogP contribution in [-0.2, 0) is 4.79 Å². The van der Waals surface area contributed by atoms with E-state index >= 15 is 0 Å². The molecule has 9 heteroatoms. The highest BCUT2D eigenvalue weighted by Gasteiger charge is 2.34. The number of benzene rings is 2. The zero-order valence-electron chi connectivity index (χ0n) is 18.0. The Hall–Kier alpha value is -2.84. The Morgan fingerprint density at radius 1 is 1.19 bits per heavy atom. The van der Waals surface area contributed by atoms with Gasteiger partial charge in [-0.3, -0.25) is 9.69 Å². The molecule has 32 heavy (non-hydrogen) atoms. The first-order chi connectivity index (χ1) is 15.5. The number of aromatic nitrogens is 3. The molecule has 7 nitrogen and oxygen atoms in total. The molecule has 0 N–H and O–H groups in total. The molecule has 0 saturated carbocycles. The first kappa shape index (κ1) is 22.4. The predicted molar refractivity (Wildman–Crippen MR) is 125 cm³/mol. The van der Waals surface area contributed by atoms with Crippen molar-refractivity contribution in [2.24, 2.45) is 0 Å². The summed E-state index contributed by atoms with van der Waals surface area (Å²) in [5.74, 6) is 1.68. The van der Waals surface area contributed by atoms with Crippen molar-refractivity contribution in [3.63, 3.8) is 0 Å². The second-order valence-corrected chi connectivity index (χ2v) is 8.79. The predicted octanol–water partition coefficient (Wildman–Crippen LogP) is 5.54. The molecule has 0 radical (unpaired) electrons. The highest BCUT2D eigenvalue weighted by Crippen LogP contribution is 2.44. The Morgan fingerprint density at radius 3 is 2.66 bits per heavy atom. The maximum atomic E-state index is 12.8. The van der Waals surface area contributed by atoms with E-state index in [0.29, 0.717) is 39.6 Å². The molecule has 0 fully saturated rings. The molecule has 1 amide bonds. The van der Waals surface area contributed by atoms with E-state index in [1.807, 2.05) is 31.2 Å². The van der Waals surface area contributed by atoms with Gasteiger partial charge in [0, 0.05) is 23.1 Å². The Bertz CT molecular complexity index is 1130. The van der Waals surface area contributed by atoms with Gasteiger partial charge in [0.15, 0.2) is 5.69 Å². The summed E-state index contributed by atoms with van der Waals surface area (Å²) in [4.78, 5) is 19.0. The topological polar surface area (TPSA) is 77.4 Å². The second kappa shape index (κ2) is 9.75. The average Bonchev–Trinajstić information content (AvgIpc) is 2.92. The summed E-state index contributed by atoms with van der Waals surface area (Å²) < 4.78 is 12.0. The van der Waals surface area contributed by atoms with Gasteiger partial charge in [-0.05, 0) is 54.6 Å². The minimum atomic E-state index is -0.745. The minimum Gasteiger partial charge on any atom is -0.494 e. The number of amides is 1. The van der Waals surface area contributed by atoms with Crippen LogP contribution >= 0.6 is 23.4 Å². The van der Waals surface area contributed by atoms with E-state index in [2.05, 4.69) is 22.1 Å². The van der Waals surface area contributed by atoms with Gasteiger partial charge in [0.05, 0.1) is 12.3 Å². The van der Waals surface area contributed by atoms with Crippen molar-refractivity contribution in [1.82, 2.24) is 15.2 Å². The number of ether oxygens (including phenoxy) is 2. The third-order valence-corrected chi connectivity index (χ3v) is 5.77. The van der Waals surface area contributed by atoms with Crippen LogP contribution in [0.25, 0.3) is 11.3 Å². The van der Waals surface area contributed by atoms with Crippen molar-refractivity contribution >= 4 is 35.0 Å². The van der Waals surface area contributed by atoms with Crippen LogP contribution in [0.1, 0.15) is 39.0 Å². The zero-order chi connectivity index (χ0) is 22.7. The zero-order valence-corrected chi connectivity index (χ0v) is 19.6. The van der Waals surface area contributed by atoms with Crippen molar-refractivity contribution in [3.8, 4) is 22.9 Å².